The van der Waals surface area contributed by atoms with Crippen LogP contribution in [0.25, 0.3) is 0 Å². The number of fused-ring (bicyclic) bond motifs is 2. The molecular formula is C20H22N2O2. The van der Waals surface area contributed by atoms with Crippen molar-refractivity contribution in [2.75, 3.05) is 5.32 Å². The molecule has 2 aromatic rings. The van der Waals surface area contributed by atoms with Gasteiger partial charge < -0.3 is 11.1 Å². The molecule has 4 heteroatoms. The number of nitrogens with one attached hydrogen (secondary N) is 1. The highest BCUT2D eigenvalue weighted by Gasteiger charge is 2.31. The van der Waals surface area contributed by atoms with Gasteiger partial charge in [-0.15, -0.1) is 0 Å². The summed E-state index contributed by atoms with van der Waals surface area (Å²) in [5, 5.41) is 3.22. The van der Waals surface area contributed by atoms with Crippen molar-refractivity contribution in [3.63, 3.8) is 0 Å². The van der Waals surface area contributed by atoms with Crippen LogP contribution in [0.15, 0.2) is 42.5 Å². The van der Waals surface area contributed by atoms with Crippen molar-refractivity contribution in [3.05, 3.63) is 64.7 Å². The molecule has 3 rings (SSSR count). The van der Waals surface area contributed by atoms with Gasteiger partial charge in [0.1, 0.15) is 0 Å². The fourth-order valence-corrected chi connectivity index (χ4v) is 3.15. The molecule has 1 unspecified atom stereocenters. The summed E-state index contributed by atoms with van der Waals surface area (Å²) >= 11 is 0. The smallest absolute Gasteiger partial charge is 0.196 e. The van der Waals surface area contributed by atoms with Crippen molar-refractivity contribution in [3.8, 4) is 0 Å². The van der Waals surface area contributed by atoms with E-state index >= 15 is 0 Å². The number of carbonyl (C=O) groups excluding carboxylic acids is 2. The van der Waals surface area contributed by atoms with Gasteiger partial charge in [-0.05, 0) is 12.5 Å². The fourth-order valence-electron chi connectivity index (χ4n) is 3.15. The summed E-state index contributed by atoms with van der Waals surface area (Å²) in [5.41, 5.74) is 8.61. The molecule has 24 heavy (non-hydrogen) atoms. The van der Waals surface area contributed by atoms with Crippen LogP contribution in [0.1, 0.15) is 64.4 Å². The Hall–Kier alpha value is -2.46. The van der Waals surface area contributed by atoms with Crippen LogP contribution in [0.4, 0.5) is 5.69 Å². The van der Waals surface area contributed by atoms with E-state index in [0.717, 1.165) is 25.7 Å². The van der Waals surface area contributed by atoms with Gasteiger partial charge in [-0.1, -0.05) is 62.6 Å². The molecule has 0 saturated carbocycles. The molecule has 0 amide bonds. The first-order chi connectivity index (χ1) is 11.6. The van der Waals surface area contributed by atoms with Crippen molar-refractivity contribution >= 4 is 17.3 Å². The molecule has 1 aliphatic rings. The topological polar surface area (TPSA) is 72.2 Å². The van der Waals surface area contributed by atoms with E-state index in [1.54, 1.807) is 36.4 Å². The molecule has 0 spiro atoms. The normalized spacial score (nSPS) is 14.1. The molecule has 1 atom stereocenters. The Balaban J connectivity index is 1.92. The van der Waals surface area contributed by atoms with Crippen molar-refractivity contribution in [2.45, 2.75) is 38.8 Å². The van der Waals surface area contributed by atoms with E-state index in [0.29, 0.717) is 27.9 Å². The SMILES string of the molecule is CCCCCC(N)Nc1cccc2c1C(=O)c1ccccc1C2=O. The monoisotopic (exact) mass is 322 g/mol. The Kier molecular flexibility index (Phi) is 4.76. The van der Waals surface area contributed by atoms with Gasteiger partial charge in [0.2, 0.25) is 0 Å². The Bertz CT molecular complexity index is 783. The van der Waals surface area contributed by atoms with E-state index in [1.807, 2.05) is 6.07 Å². The summed E-state index contributed by atoms with van der Waals surface area (Å²) in [6.07, 6.45) is 3.90. The lowest BCUT2D eigenvalue weighted by atomic mass is 9.83. The number of hydrogen-bond donors (Lipinski definition) is 2. The maximum atomic E-state index is 12.9. The second kappa shape index (κ2) is 6.97. The van der Waals surface area contributed by atoms with Crippen LogP contribution in [0.3, 0.4) is 0 Å². The van der Waals surface area contributed by atoms with Gasteiger partial charge in [-0.3, -0.25) is 9.59 Å². The zero-order valence-electron chi connectivity index (χ0n) is 13.8. The second-order valence-electron chi connectivity index (χ2n) is 6.18. The molecule has 0 radical (unpaired) electrons. The minimum atomic E-state index is -0.233. The van der Waals surface area contributed by atoms with Gasteiger partial charge in [0.05, 0.1) is 11.7 Å². The van der Waals surface area contributed by atoms with Crippen LogP contribution < -0.4 is 11.1 Å². The molecule has 4 nitrogen and oxygen atoms in total. The van der Waals surface area contributed by atoms with Gasteiger partial charge in [0.25, 0.3) is 0 Å². The molecule has 0 saturated heterocycles. The average molecular weight is 322 g/mol. The Morgan fingerprint density at radius 3 is 2.29 bits per heavy atom. The van der Waals surface area contributed by atoms with Crippen LogP contribution in [0.2, 0.25) is 0 Å². The number of benzene rings is 2. The molecule has 0 fully saturated rings. The number of hydrogen-bond acceptors (Lipinski definition) is 4. The van der Waals surface area contributed by atoms with Crippen molar-refractivity contribution in [2.24, 2.45) is 5.73 Å². The first kappa shape index (κ1) is 16.4. The van der Waals surface area contributed by atoms with Crippen LogP contribution in [0.5, 0.6) is 0 Å². The van der Waals surface area contributed by atoms with Gasteiger partial charge in [-0.25, -0.2) is 0 Å². The van der Waals surface area contributed by atoms with Crippen LogP contribution in [-0.4, -0.2) is 17.7 Å². The summed E-state index contributed by atoms with van der Waals surface area (Å²) in [5.74, 6) is -0.229. The highest BCUT2D eigenvalue weighted by atomic mass is 16.1. The molecule has 0 aliphatic heterocycles. The number of anilines is 1. The van der Waals surface area contributed by atoms with E-state index in [9.17, 15) is 9.59 Å². The minimum Gasteiger partial charge on any atom is -0.369 e. The molecule has 2 aromatic carbocycles. The first-order valence-corrected chi connectivity index (χ1v) is 8.47. The zero-order valence-corrected chi connectivity index (χ0v) is 13.8. The standard InChI is InChI=1S/C20H22N2O2/c1-2-3-4-12-17(21)22-16-11-7-10-15-18(16)20(24)14-9-6-5-8-13(14)19(15)23/h5-11,17,22H,2-4,12,21H2,1H3. The molecule has 0 heterocycles. The van der Waals surface area contributed by atoms with E-state index in [1.165, 1.54) is 0 Å². The molecule has 1 aliphatic carbocycles. The fraction of sp³-hybridized carbons (Fsp3) is 0.300. The predicted octanol–water partition coefficient (Wildman–Crippen LogP) is 3.74. The minimum absolute atomic E-state index is 0.108. The molecule has 0 bridgehead atoms. The third kappa shape index (κ3) is 2.97. The number of carbonyl (C=O) groups is 2. The van der Waals surface area contributed by atoms with Crippen LogP contribution in [0, 0.1) is 0 Å². The highest BCUT2D eigenvalue weighted by Crippen LogP contribution is 2.32. The van der Waals surface area contributed by atoms with E-state index in [-0.39, 0.29) is 17.7 Å². The van der Waals surface area contributed by atoms with Crippen LogP contribution >= 0.6 is 0 Å². The maximum absolute atomic E-state index is 12.9. The van der Waals surface area contributed by atoms with Gasteiger partial charge >= 0.3 is 0 Å². The van der Waals surface area contributed by atoms with Crippen molar-refractivity contribution < 1.29 is 9.59 Å². The lowest BCUT2D eigenvalue weighted by Gasteiger charge is -2.23. The summed E-state index contributed by atoms with van der Waals surface area (Å²) in [4.78, 5) is 25.6. The summed E-state index contributed by atoms with van der Waals surface area (Å²) < 4.78 is 0. The zero-order chi connectivity index (χ0) is 17.1. The lowest BCUT2D eigenvalue weighted by molar-refractivity contribution is 0.0979. The number of ketones is 2. The predicted molar refractivity (Wildman–Crippen MR) is 95.5 cm³/mol. The first-order valence-electron chi connectivity index (χ1n) is 8.47. The van der Waals surface area contributed by atoms with Crippen molar-refractivity contribution in [1.82, 2.24) is 0 Å². The van der Waals surface area contributed by atoms with Crippen LogP contribution in [-0.2, 0) is 0 Å². The van der Waals surface area contributed by atoms with E-state index in [4.69, 9.17) is 5.73 Å². The molecule has 3 N–H and O–H groups in total. The number of rotatable bonds is 6. The average Bonchev–Trinajstić information content (AvgIpc) is 2.60. The van der Waals surface area contributed by atoms with Crippen molar-refractivity contribution in [1.29, 1.82) is 0 Å². The maximum Gasteiger partial charge on any atom is 0.196 e. The Morgan fingerprint density at radius 1 is 0.917 bits per heavy atom. The third-order valence-corrected chi connectivity index (χ3v) is 4.41. The molecule has 124 valence electrons. The lowest BCUT2D eigenvalue weighted by Crippen LogP contribution is -2.31. The molecular weight excluding hydrogens is 300 g/mol. The molecule has 0 aromatic heterocycles. The quantitative estimate of drug-likeness (QED) is 0.536. The Labute approximate surface area is 142 Å². The summed E-state index contributed by atoms with van der Waals surface area (Å²) in [6, 6.07) is 12.3. The van der Waals surface area contributed by atoms with Gasteiger partial charge in [-0.2, -0.15) is 0 Å². The number of unbranched alkanes of at least 4 members (excludes halogenated alkanes) is 2. The van der Waals surface area contributed by atoms with E-state index in [2.05, 4.69) is 12.2 Å². The number of nitrogens with two attached hydrogens (primary N) is 1. The van der Waals surface area contributed by atoms with E-state index < -0.39 is 0 Å². The van der Waals surface area contributed by atoms with Gasteiger partial charge in [0, 0.05) is 22.4 Å². The highest BCUT2D eigenvalue weighted by molar-refractivity contribution is 6.30. The second-order valence-corrected chi connectivity index (χ2v) is 6.18. The summed E-state index contributed by atoms with van der Waals surface area (Å²) in [7, 11) is 0. The third-order valence-electron chi connectivity index (χ3n) is 4.41. The largest absolute Gasteiger partial charge is 0.369 e. The van der Waals surface area contributed by atoms with Gasteiger partial charge in [0.15, 0.2) is 11.6 Å². The summed E-state index contributed by atoms with van der Waals surface area (Å²) in [6.45, 7) is 2.15. The Morgan fingerprint density at radius 2 is 1.58 bits per heavy atom.